The highest BCUT2D eigenvalue weighted by Gasteiger charge is 2.64. The number of rotatable bonds is 3. The maximum absolute atomic E-state index is 13.5. The lowest BCUT2D eigenvalue weighted by molar-refractivity contribution is -0.129. The number of fused-ring (bicyclic) bond motifs is 5. The molecule has 5 rings (SSSR count). The minimum absolute atomic E-state index is 0.104. The first-order valence-corrected chi connectivity index (χ1v) is 9.73. The second kappa shape index (κ2) is 6.38. The Hall–Kier alpha value is -3.74. The van der Waals surface area contributed by atoms with Crippen LogP contribution in [-0.2, 0) is 14.4 Å². The molecule has 150 valence electrons. The summed E-state index contributed by atoms with van der Waals surface area (Å²) in [5.41, 5.74) is 8.42. The van der Waals surface area contributed by atoms with Gasteiger partial charge in [-0.1, -0.05) is 24.3 Å². The third-order valence-corrected chi connectivity index (χ3v) is 6.29. The number of ketones is 1. The molecule has 0 radical (unpaired) electrons. The van der Waals surface area contributed by atoms with Crippen molar-refractivity contribution >= 4 is 35.3 Å². The quantitative estimate of drug-likeness (QED) is 0.625. The highest BCUT2D eigenvalue weighted by atomic mass is 16.2. The summed E-state index contributed by atoms with van der Waals surface area (Å²) in [6.07, 6.45) is 3.63. The molecular weight excluding hydrogens is 382 g/mol. The Morgan fingerprint density at radius 2 is 1.60 bits per heavy atom. The van der Waals surface area contributed by atoms with Gasteiger partial charge in [0.05, 0.1) is 23.6 Å². The molecule has 2 aromatic carbocycles. The topological polar surface area (TPSA) is 101 Å². The number of amides is 3. The van der Waals surface area contributed by atoms with Gasteiger partial charge in [-0.2, -0.15) is 0 Å². The molecule has 2 saturated heterocycles. The van der Waals surface area contributed by atoms with Crippen molar-refractivity contribution in [2.75, 3.05) is 4.90 Å². The summed E-state index contributed by atoms with van der Waals surface area (Å²) < 4.78 is 0. The molecule has 0 saturated carbocycles. The Morgan fingerprint density at radius 1 is 0.933 bits per heavy atom. The zero-order chi connectivity index (χ0) is 21.2. The molecule has 7 nitrogen and oxygen atoms in total. The molecule has 0 unspecified atom stereocenters. The number of anilines is 1. The van der Waals surface area contributed by atoms with Crippen LogP contribution in [0.2, 0.25) is 0 Å². The number of carbonyl (C=O) groups is 4. The predicted molar refractivity (Wildman–Crippen MR) is 109 cm³/mol. The van der Waals surface area contributed by atoms with E-state index in [1.807, 2.05) is 30.3 Å². The molecule has 0 aliphatic carbocycles. The van der Waals surface area contributed by atoms with E-state index in [1.54, 1.807) is 35.4 Å². The molecule has 2 fully saturated rings. The minimum Gasteiger partial charge on any atom is -0.368 e. The van der Waals surface area contributed by atoms with Crippen molar-refractivity contribution in [1.82, 2.24) is 4.90 Å². The van der Waals surface area contributed by atoms with Crippen LogP contribution in [0, 0.1) is 11.8 Å². The van der Waals surface area contributed by atoms with Crippen molar-refractivity contribution in [2.45, 2.75) is 19.0 Å². The number of carbonyl (C=O) groups excluding carboxylic acids is 4. The van der Waals surface area contributed by atoms with Gasteiger partial charge < -0.3 is 10.6 Å². The van der Waals surface area contributed by atoms with Crippen LogP contribution in [0.15, 0.2) is 54.7 Å². The van der Waals surface area contributed by atoms with Crippen LogP contribution in [0.5, 0.6) is 0 Å². The van der Waals surface area contributed by atoms with Gasteiger partial charge in [-0.15, -0.1) is 0 Å². The second-order valence-corrected chi connectivity index (χ2v) is 7.85. The Morgan fingerprint density at radius 3 is 2.27 bits per heavy atom. The van der Waals surface area contributed by atoms with Crippen LogP contribution in [0.1, 0.15) is 34.5 Å². The van der Waals surface area contributed by atoms with Gasteiger partial charge in [0.25, 0.3) is 0 Å². The largest absolute Gasteiger partial charge is 0.368 e. The number of hydrogen-bond donors (Lipinski definition) is 1. The van der Waals surface area contributed by atoms with Crippen LogP contribution in [0.25, 0.3) is 6.08 Å². The first kappa shape index (κ1) is 18.3. The van der Waals surface area contributed by atoms with Gasteiger partial charge in [-0.25, -0.2) is 4.90 Å². The SMILES string of the molecule is CC(=O)c1ccc(N2C(=O)[C@@H]3[C@H](C2=O)[C@H]2c4ccccc4C=CN2[C@H]3C(N)=O)cc1. The van der Waals surface area contributed by atoms with E-state index < -0.39 is 35.7 Å². The molecule has 2 aromatic rings. The van der Waals surface area contributed by atoms with Crippen molar-refractivity contribution < 1.29 is 19.2 Å². The van der Waals surface area contributed by atoms with Gasteiger partial charge in [0.2, 0.25) is 17.7 Å². The number of nitrogens with zero attached hydrogens (tertiary/aromatic N) is 2. The highest BCUT2D eigenvalue weighted by molar-refractivity contribution is 6.24. The van der Waals surface area contributed by atoms with E-state index in [0.29, 0.717) is 11.3 Å². The fourth-order valence-electron chi connectivity index (χ4n) is 4.98. The Kier molecular flexibility index (Phi) is 3.89. The van der Waals surface area contributed by atoms with Crippen molar-refractivity contribution in [1.29, 1.82) is 0 Å². The van der Waals surface area contributed by atoms with E-state index in [4.69, 9.17) is 5.73 Å². The third-order valence-electron chi connectivity index (χ3n) is 6.29. The molecule has 0 aromatic heterocycles. The van der Waals surface area contributed by atoms with Gasteiger partial charge in [0.1, 0.15) is 6.04 Å². The molecule has 2 N–H and O–H groups in total. The number of hydrogen-bond acceptors (Lipinski definition) is 5. The molecule has 3 aliphatic heterocycles. The average Bonchev–Trinajstić information content (AvgIpc) is 3.21. The maximum Gasteiger partial charge on any atom is 0.240 e. The van der Waals surface area contributed by atoms with E-state index >= 15 is 0 Å². The lowest BCUT2D eigenvalue weighted by atomic mass is 9.84. The van der Waals surface area contributed by atoms with Crippen molar-refractivity contribution in [3.63, 3.8) is 0 Å². The van der Waals surface area contributed by atoms with Gasteiger partial charge in [0, 0.05) is 11.8 Å². The number of benzene rings is 2. The maximum atomic E-state index is 13.5. The van der Waals surface area contributed by atoms with E-state index in [9.17, 15) is 19.2 Å². The highest BCUT2D eigenvalue weighted by Crippen LogP contribution is 2.52. The lowest BCUT2D eigenvalue weighted by Gasteiger charge is -2.34. The normalized spacial score (nSPS) is 26.4. The number of imide groups is 1. The van der Waals surface area contributed by atoms with Crippen LogP contribution < -0.4 is 10.6 Å². The predicted octanol–water partition coefficient (Wildman–Crippen LogP) is 1.89. The first-order valence-electron chi connectivity index (χ1n) is 9.73. The summed E-state index contributed by atoms with van der Waals surface area (Å²) in [4.78, 5) is 53.6. The van der Waals surface area contributed by atoms with Crippen LogP contribution in [-0.4, -0.2) is 34.4 Å². The zero-order valence-corrected chi connectivity index (χ0v) is 16.2. The zero-order valence-electron chi connectivity index (χ0n) is 16.2. The third kappa shape index (κ3) is 2.38. The molecule has 3 amide bonds. The van der Waals surface area contributed by atoms with Gasteiger partial charge >= 0.3 is 0 Å². The number of nitrogens with two attached hydrogens (primary N) is 1. The lowest BCUT2D eigenvalue weighted by Crippen LogP contribution is -2.46. The Balaban J connectivity index is 1.60. The fraction of sp³-hybridized carbons (Fsp3) is 0.217. The van der Waals surface area contributed by atoms with E-state index in [0.717, 1.165) is 16.0 Å². The van der Waals surface area contributed by atoms with Gasteiger partial charge in [0.15, 0.2) is 5.78 Å². The molecule has 3 aliphatic rings. The Labute approximate surface area is 172 Å². The summed E-state index contributed by atoms with van der Waals surface area (Å²) >= 11 is 0. The standard InChI is InChI=1S/C23H19N3O4/c1-12(27)13-6-8-15(9-7-13)26-22(29)17-18(23(26)30)20(21(24)28)25-11-10-14-4-2-3-5-16(14)19(17)25/h2-11,17-20H,1H3,(H2,24,28)/t17-,18+,19+,20+/m0/s1. The van der Waals surface area contributed by atoms with Crippen molar-refractivity contribution in [3.8, 4) is 0 Å². The fourth-order valence-corrected chi connectivity index (χ4v) is 4.98. The van der Waals surface area contributed by atoms with E-state index in [-0.39, 0.29) is 11.7 Å². The summed E-state index contributed by atoms with van der Waals surface area (Å²) in [6, 6.07) is 12.6. The van der Waals surface area contributed by atoms with Crippen LogP contribution in [0.4, 0.5) is 5.69 Å². The molecule has 4 atom stereocenters. The molecule has 3 heterocycles. The number of primary amides is 1. The molecule has 30 heavy (non-hydrogen) atoms. The Bertz CT molecular complexity index is 1140. The van der Waals surface area contributed by atoms with E-state index in [1.165, 1.54) is 6.92 Å². The molecular formula is C23H19N3O4. The molecule has 7 heteroatoms. The van der Waals surface area contributed by atoms with Crippen molar-refractivity contribution in [3.05, 3.63) is 71.4 Å². The molecule has 0 bridgehead atoms. The monoisotopic (exact) mass is 401 g/mol. The summed E-state index contributed by atoms with van der Waals surface area (Å²) in [7, 11) is 0. The second-order valence-electron chi connectivity index (χ2n) is 7.85. The van der Waals surface area contributed by atoms with Gasteiger partial charge in [-0.3, -0.25) is 19.2 Å². The molecule has 0 spiro atoms. The smallest absolute Gasteiger partial charge is 0.240 e. The van der Waals surface area contributed by atoms with E-state index in [2.05, 4.69) is 0 Å². The minimum atomic E-state index is -0.900. The van der Waals surface area contributed by atoms with Crippen molar-refractivity contribution in [2.24, 2.45) is 17.6 Å². The summed E-state index contributed by atoms with van der Waals surface area (Å²) in [5, 5.41) is 0. The first-order chi connectivity index (χ1) is 14.4. The number of Topliss-reactive ketones (excluding diaryl/α,β-unsaturated/α-hetero) is 1. The summed E-state index contributed by atoms with van der Waals surface area (Å²) in [5.74, 6) is -3.11. The van der Waals surface area contributed by atoms with Crippen LogP contribution in [0.3, 0.4) is 0 Å². The van der Waals surface area contributed by atoms with Crippen LogP contribution >= 0.6 is 0 Å². The summed E-state index contributed by atoms with van der Waals surface area (Å²) in [6.45, 7) is 1.45. The average molecular weight is 401 g/mol. The van der Waals surface area contributed by atoms with Gasteiger partial charge in [-0.05, 0) is 48.4 Å².